The molecule has 0 spiro atoms. The van der Waals surface area contributed by atoms with Crippen LogP contribution in [0, 0.1) is 5.82 Å². The second kappa shape index (κ2) is 6.35. The molecule has 3 nitrogen and oxygen atoms in total. The van der Waals surface area contributed by atoms with Crippen molar-refractivity contribution >= 4 is 18.3 Å². The quantitative estimate of drug-likeness (QED) is 0.907. The lowest BCUT2D eigenvalue weighted by atomic mass is 9.97. The van der Waals surface area contributed by atoms with E-state index in [1.165, 1.54) is 12.1 Å². The van der Waals surface area contributed by atoms with E-state index >= 15 is 0 Å². The van der Waals surface area contributed by atoms with Gasteiger partial charge < -0.3 is 10.6 Å². The summed E-state index contributed by atoms with van der Waals surface area (Å²) in [5, 5.41) is 0. The summed E-state index contributed by atoms with van der Waals surface area (Å²) in [6, 6.07) is 6.27. The summed E-state index contributed by atoms with van der Waals surface area (Å²) in [5.74, 6) is 0.0451. The molecular formula is C14H20ClFN2O. The van der Waals surface area contributed by atoms with Crippen LogP contribution in [0.15, 0.2) is 24.3 Å². The van der Waals surface area contributed by atoms with Crippen molar-refractivity contribution in [1.29, 1.82) is 0 Å². The van der Waals surface area contributed by atoms with Gasteiger partial charge in [0.25, 0.3) is 0 Å². The number of hydrogen-bond donors (Lipinski definition) is 1. The van der Waals surface area contributed by atoms with Gasteiger partial charge in [-0.15, -0.1) is 12.4 Å². The van der Waals surface area contributed by atoms with Crippen LogP contribution in [-0.4, -0.2) is 29.4 Å². The molecule has 106 valence electrons. The molecule has 0 radical (unpaired) electrons. The Balaban J connectivity index is 0.00000180. The Morgan fingerprint density at radius 1 is 1.42 bits per heavy atom. The van der Waals surface area contributed by atoms with Gasteiger partial charge in [-0.05, 0) is 38.0 Å². The van der Waals surface area contributed by atoms with E-state index in [1.807, 2.05) is 11.8 Å². The Kier molecular flexibility index (Phi) is 5.32. The zero-order valence-corrected chi connectivity index (χ0v) is 12.0. The van der Waals surface area contributed by atoms with E-state index < -0.39 is 6.04 Å². The highest BCUT2D eigenvalue weighted by atomic mass is 35.5. The Morgan fingerprint density at radius 2 is 2.00 bits per heavy atom. The van der Waals surface area contributed by atoms with Crippen molar-refractivity contribution in [2.45, 2.75) is 38.3 Å². The molecule has 1 amide bonds. The monoisotopic (exact) mass is 286 g/mol. The highest BCUT2D eigenvalue weighted by Crippen LogP contribution is 2.31. The Morgan fingerprint density at radius 3 is 2.53 bits per heavy atom. The van der Waals surface area contributed by atoms with Crippen LogP contribution in [0.4, 0.5) is 4.39 Å². The average molecular weight is 287 g/mol. The fourth-order valence-electron chi connectivity index (χ4n) is 2.58. The molecule has 1 aliphatic heterocycles. The highest BCUT2D eigenvalue weighted by Gasteiger charge is 2.34. The number of nitrogens with two attached hydrogens (primary N) is 1. The maximum atomic E-state index is 12.9. The molecule has 0 aliphatic carbocycles. The summed E-state index contributed by atoms with van der Waals surface area (Å²) in [4.78, 5) is 13.8. The average Bonchev–Trinajstić information content (AvgIpc) is 2.71. The second-order valence-electron chi connectivity index (χ2n) is 5.11. The topological polar surface area (TPSA) is 46.3 Å². The van der Waals surface area contributed by atoms with Gasteiger partial charge in [0.2, 0.25) is 5.91 Å². The van der Waals surface area contributed by atoms with Crippen molar-refractivity contribution in [1.82, 2.24) is 4.90 Å². The van der Waals surface area contributed by atoms with Crippen LogP contribution in [0.3, 0.4) is 0 Å². The van der Waals surface area contributed by atoms with Gasteiger partial charge in [-0.25, -0.2) is 4.39 Å². The molecule has 2 unspecified atom stereocenters. The molecule has 5 heteroatoms. The van der Waals surface area contributed by atoms with Crippen LogP contribution >= 0.6 is 12.4 Å². The van der Waals surface area contributed by atoms with E-state index in [0.717, 1.165) is 12.0 Å². The smallest absolute Gasteiger partial charge is 0.239 e. The van der Waals surface area contributed by atoms with Crippen LogP contribution in [0.25, 0.3) is 0 Å². The fourth-order valence-corrected chi connectivity index (χ4v) is 2.58. The molecule has 0 saturated carbocycles. The van der Waals surface area contributed by atoms with Crippen LogP contribution in [0.5, 0.6) is 0 Å². The summed E-state index contributed by atoms with van der Waals surface area (Å²) in [5.41, 5.74) is 6.73. The summed E-state index contributed by atoms with van der Waals surface area (Å²) in [6.45, 7) is 4.41. The number of amides is 1. The summed E-state index contributed by atoms with van der Waals surface area (Å²) >= 11 is 0. The molecule has 1 heterocycles. The first-order valence-electron chi connectivity index (χ1n) is 6.30. The predicted molar refractivity (Wildman–Crippen MR) is 75.8 cm³/mol. The lowest BCUT2D eigenvalue weighted by Crippen LogP contribution is -2.43. The van der Waals surface area contributed by atoms with Gasteiger partial charge in [-0.1, -0.05) is 12.1 Å². The van der Waals surface area contributed by atoms with Gasteiger partial charge in [0.05, 0.1) is 6.04 Å². The van der Waals surface area contributed by atoms with Gasteiger partial charge in [0, 0.05) is 18.5 Å². The molecule has 1 saturated heterocycles. The Hall–Kier alpha value is -1.13. The van der Waals surface area contributed by atoms with Crippen molar-refractivity contribution in [3.63, 3.8) is 0 Å². The van der Waals surface area contributed by atoms with Gasteiger partial charge >= 0.3 is 0 Å². The molecule has 3 atom stereocenters. The van der Waals surface area contributed by atoms with Crippen LogP contribution in [0.1, 0.15) is 31.7 Å². The molecule has 1 aromatic carbocycles. The number of halogens is 2. The van der Waals surface area contributed by atoms with Crippen LogP contribution in [-0.2, 0) is 4.79 Å². The summed E-state index contributed by atoms with van der Waals surface area (Å²) in [6.07, 6.45) is 0.907. The molecule has 1 aliphatic rings. The molecule has 19 heavy (non-hydrogen) atoms. The molecule has 2 rings (SSSR count). The molecular weight excluding hydrogens is 267 g/mol. The van der Waals surface area contributed by atoms with Crippen LogP contribution < -0.4 is 5.73 Å². The van der Waals surface area contributed by atoms with E-state index in [2.05, 4.69) is 0 Å². The second-order valence-corrected chi connectivity index (χ2v) is 5.11. The van der Waals surface area contributed by atoms with Crippen molar-refractivity contribution in [2.24, 2.45) is 5.73 Å². The van der Waals surface area contributed by atoms with E-state index in [4.69, 9.17) is 5.73 Å². The first-order chi connectivity index (χ1) is 8.49. The molecule has 0 bridgehead atoms. The minimum Gasteiger partial charge on any atom is -0.338 e. The van der Waals surface area contributed by atoms with Crippen LogP contribution in [0.2, 0.25) is 0 Å². The zero-order chi connectivity index (χ0) is 13.3. The van der Waals surface area contributed by atoms with Gasteiger partial charge in [0.1, 0.15) is 5.82 Å². The van der Waals surface area contributed by atoms with Crippen molar-refractivity contribution in [3.8, 4) is 0 Å². The SMILES string of the molecule is CC1CC(c2ccc(F)cc2)CN1C(=O)[C@H](C)N.Cl. The minimum absolute atomic E-state index is 0. The van der Waals surface area contributed by atoms with E-state index in [0.29, 0.717) is 6.54 Å². The Labute approximate surface area is 119 Å². The van der Waals surface area contributed by atoms with E-state index in [-0.39, 0.29) is 36.1 Å². The third-order valence-corrected chi connectivity index (χ3v) is 3.59. The predicted octanol–water partition coefficient (Wildman–Crippen LogP) is 2.30. The lowest BCUT2D eigenvalue weighted by Gasteiger charge is -2.23. The van der Waals surface area contributed by atoms with Crippen molar-refractivity contribution < 1.29 is 9.18 Å². The number of carbonyl (C=O) groups is 1. The zero-order valence-electron chi connectivity index (χ0n) is 11.2. The first kappa shape index (κ1) is 15.9. The number of benzene rings is 1. The number of carbonyl (C=O) groups excluding carboxylic acids is 1. The van der Waals surface area contributed by atoms with E-state index in [9.17, 15) is 9.18 Å². The molecule has 1 aromatic rings. The number of nitrogens with zero attached hydrogens (tertiary/aromatic N) is 1. The number of rotatable bonds is 2. The minimum atomic E-state index is -0.459. The van der Waals surface area contributed by atoms with Gasteiger partial charge in [0.15, 0.2) is 0 Å². The standard InChI is InChI=1S/C14H19FN2O.ClH/c1-9-7-12(8-17(9)14(18)10(2)16)11-3-5-13(15)6-4-11;/h3-6,9-10,12H,7-8,16H2,1-2H3;1H/t9?,10-,12?;/m0./s1. The van der Waals surface area contributed by atoms with Gasteiger partial charge in [-0.3, -0.25) is 4.79 Å². The fraction of sp³-hybridized carbons (Fsp3) is 0.500. The molecule has 2 N–H and O–H groups in total. The van der Waals surface area contributed by atoms with Gasteiger partial charge in [-0.2, -0.15) is 0 Å². The lowest BCUT2D eigenvalue weighted by molar-refractivity contribution is -0.132. The largest absolute Gasteiger partial charge is 0.338 e. The number of likely N-dealkylation sites (tertiary alicyclic amines) is 1. The summed E-state index contributed by atoms with van der Waals surface area (Å²) in [7, 11) is 0. The maximum Gasteiger partial charge on any atom is 0.239 e. The molecule has 0 aromatic heterocycles. The maximum absolute atomic E-state index is 12.9. The van der Waals surface area contributed by atoms with Crippen molar-refractivity contribution in [3.05, 3.63) is 35.6 Å². The van der Waals surface area contributed by atoms with Crippen molar-refractivity contribution in [2.75, 3.05) is 6.54 Å². The first-order valence-corrected chi connectivity index (χ1v) is 6.30. The molecule has 1 fully saturated rings. The third-order valence-electron chi connectivity index (χ3n) is 3.59. The summed E-state index contributed by atoms with van der Waals surface area (Å²) < 4.78 is 12.9. The Bertz CT molecular complexity index is 436. The van der Waals surface area contributed by atoms with E-state index in [1.54, 1.807) is 19.1 Å². The number of hydrogen-bond acceptors (Lipinski definition) is 2. The third kappa shape index (κ3) is 3.45. The normalized spacial score (nSPS) is 23.9. The highest BCUT2D eigenvalue weighted by molar-refractivity contribution is 5.85.